The van der Waals surface area contributed by atoms with E-state index in [0.717, 1.165) is 0 Å². The van der Waals surface area contributed by atoms with E-state index in [9.17, 15) is 4.79 Å². The molecule has 2 aromatic heterocycles. The van der Waals surface area contributed by atoms with Crippen molar-refractivity contribution in [1.29, 1.82) is 0 Å². The van der Waals surface area contributed by atoms with Gasteiger partial charge in [0.05, 0.1) is 12.3 Å². The zero-order chi connectivity index (χ0) is 11.4. The highest BCUT2D eigenvalue weighted by molar-refractivity contribution is 5.93. The molecule has 0 atom stereocenters. The highest BCUT2D eigenvalue weighted by Gasteiger charge is 2.13. The molecule has 82 valence electrons. The summed E-state index contributed by atoms with van der Waals surface area (Å²) in [6, 6.07) is 3.51. The Morgan fingerprint density at radius 3 is 3.06 bits per heavy atom. The van der Waals surface area contributed by atoms with Gasteiger partial charge in [0, 0.05) is 24.8 Å². The van der Waals surface area contributed by atoms with Crippen molar-refractivity contribution in [2.75, 3.05) is 6.61 Å². The first kappa shape index (κ1) is 10.4. The number of ether oxygens (including phenoxy) is 1. The Kier molecular flexibility index (Phi) is 2.95. The lowest BCUT2D eigenvalue weighted by Gasteiger charge is -2.07. The minimum absolute atomic E-state index is 0.340. The lowest BCUT2D eigenvalue weighted by atomic mass is 10.2. The van der Waals surface area contributed by atoms with Crippen molar-refractivity contribution < 1.29 is 9.53 Å². The summed E-state index contributed by atoms with van der Waals surface area (Å²) in [6.07, 6.45) is 6.50. The Morgan fingerprint density at radius 2 is 2.38 bits per heavy atom. The molecule has 0 amide bonds. The van der Waals surface area contributed by atoms with Gasteiger partial charge in [0.1, 0.15) is 5.56 Å². The number of esters is 1. The lowest BCUT2D eigenvalue weighted by molar-refractivity contribution is 0.0525. The van der Waals surface area contributed by atoms with Crippen molar-refractivity contribution in [2.24, 2.45) is 0 Å². The number of carbonyl (C=O) groups is 1. The molecule has 0 unspecified atom stereocenters. The van der Waals surface area contributed by atoms with Crippen molar-refractivity contribution in [1.82, 2.24) is 14.8 Å². The van der Waals surface area contributed by atoms with Gasteiger partial charge in [0.15, 0.2) is 0 Å². The zero-order valence-electron chi connectivity index (χ0n) is 8.83. The van der Waals surface area contributed by atoms with Crippen LogP contribution in [0, 0.1) is 0 Å². The van der Waals surface area contributed by atoms with E-state index >= 15 is 0 Å². The van der Waals surface area contributed by atoms with Crippen LogP contribution in [0.15, 0.2) is 36.9 Å². The quantitative estimate of drug-likeness (QED) is 0.730. The number of hydrogen-bond donors (Lipinski definition) is 0. The molecule has 5 heteroatoms. The smallest absolute Gasteiger partial charge is 0.341 e. The van der Waals surface area contributed by atoms with E-state index in [4.69, 9.17) is 4.74 Å². The van der Waals surface area contributed by atoms with Gasteiger partial charge in [-0.05, 0) is 19.1 Å². The predicted molar refractivity (Wildman–Crippen MR) is 57.3 cm³/mol. The summed E-state index contributed by atoms with van der Waals surface area (Å²) in [6.45, 7) is 2.11. The summed E-state index contributed by atoms with van der Waals surface area (Å²) in [5.41, 5.74) is 1.08. The summed E-state index contributed by atoms with van der Waals surface area (Å²) >= 11 is 0. The van der Waals surface area contributed by atoms with Crippen LogP contribution in [0.1, 0.15) is 17.3 Å². The van der Waals surface area contributed by atoms with Gasteiger partial charge in [-0.3, -0.25) is 4.98 Å². The van der Waals surface area contributed by atoms with Gasteiger partial charge in [0.2, 0.25) is 0 Å². The molecule has 16 heavy (non-hydrogen) atoms. The molecular weight excluding hydrogens is 206 g/mol. The van der Waals surface area contributed by atoms with Gasteiger partial charge in [-0.25, -0.2) is 9.48 Å². The minimum atomic E-state index is -0.388. The van der Waals surface area contributed by atoms with Crippen LogP contribution >= 0.6 is 0 Å². The summed E-state index contributed by atoms with van der Waals surface area (Å²) in [7, 11) is 0. The van der Waals surface area contributed by atoms with Crippen molar-refractivity contribution in [3.05, 3.63) is 42.5 Å². The fourth-order valence-corrected chi connectivity index (χ4v) is 1.36. The van der Waals surface area contributed by atoms with Crippen LogP contribution in [0.4, 0.5) is 0 Å². The molecular formula is C11H11N3O2. The van der Waals surface area contributed by atoms with Crippen LogP contribution in [-0.4, -0.2) is 27.3 Å². The SMILES string of the molecule is CCOC(=O)c1cnccc1-n1cccn1. The summed E-state index contributed by atoms with van der Waals surface area (Å²) in [5.74, 6) is -0.388. The molecule has 0 radical (unpaired) electrons. The van der Waals surface area contributed by atoms with Crippen LogP contribution in [0.3, 0.4) is 0 Å². The van der Waals surface area contributed by atoms with Gasteiger partial charge >= 0.3 is 5.97 Å². The van der Waals surface area contributed by atoms with Gasteiger partial charge in [-0.1, -0.05) is 0 Å². The van der Waals surface area contributed by atoms with Gasteiger partial charge in [-0.2, -0.15) is 5.10 Å². The number of hydrogen-bond acceptors (Lipinski definition) is 4. The van der Waals surface area contributed by atoms with Crippen LogP contribution in [0.25, 0.3) is 5.69 Å². The van der Waals surface area contributed by atoms with E-state index in [2.05, 4.69) is 10.1 Å². The van der Waals surface area contributed by atoms with Gasteiger partial charge < -0.3 is 4.74 Å². The van der Waals surface area contributed by atoms with Crippen molar-refractivity contribution in [2.45, 2.75) is 6.92 Å². The third-order valence-electron chi connectivity index (χ3n) is 2.04. The molecule has 0 spiro atoms. The second-order valence-corrected chi connectivity index (χ2v) is 3.06. The van der Waals surface area contributed by atoms with Crippen molar-refractivity contribution in [3.8, 4) is 5.69 Å². The van der Waals surface area contributed by atoms with Crippen LogP contribution < -0.4 is 0 Å². The number of carbonyl (C=O) groups excluding carboxylic acids is 1. The predicted octanol–water partition coefficient (Wildman–Crippen LogP) is 1.44. The molecule has 0 aliphatic carbocycles. The monoisotopic (exact) mass is 217 g/mol. The molecule has 2 heterocycles. The van der Waals surface area contributed by atoms with Crippen LogP contribution in [0.5, 0.6) is 0 Å². The fourth-order valence-electron chi connectivity index (χ4n) is 1.36. The molecule has 0 saturated heterocycles. The molecule has 0 fully saturated rings. The average molecular weight is 217 g/mol. The van der Waals surface area contributed by atoms with Crippen molar-refractivity contribution >= 4 is 5.97 Å². The standard InChI is InChI=1S/C11H11N3O2/c1-2-16-11(15)9-8-12-6-4-10(9)14-7-3-5-13-14/h3-8H,2H2,1H3. The maximum absolute atomic E-state index is 11.7. The Hall–Kier alpha value is -2.17. The number of aromatic nitrogens is 3. The Balaban J connectivity index is 2.42. The maximum atomic E-state index is 11.7. The first-order valence-corrected chi connectivity index (χ1v) is 4.94. The first-order valence-electron chi connectivity index (χ1n) is 4.94. The second kappa shape index (κ2) is 4.57. The Labute approximate surface area is 92.7 Å². The van der Waals surface area contributed by atoms with E-state index < -0.39 is 0 Å². The summed E-state index contributed by atoms with van der Waals surface area (Å²) < 4.78 is 6.55. The van der Waals surface area contributed by atoms with E-state index in [1.807, 2.05) is 0 Å². The fraction of sp³-hybridized carbons (Fsp3) is 0.182. The largest absolute Gasteiger partial charge is 0.462 e. The molecule has 5 nitrogen and oxygen atoms in total. The Bertz CT molecular complexity index is 480. The average Bonchev–Trinajstić information content (AvgIpc) is 2.83. The molecule has 0 aliphatic rings. The third-order valence-corrected chi connectivity index (χ3v) is 2.04. The molecule has 2 aromatic rings. The van der Waals surface area contributed by atoms with Crippen LogP contribution in [-0.2, 0) is 4.74 Å². The topological polar surface area (TPSA) is 57.0 Å². The zero-order valence-corrected chi connectivity index (χ0v) is 8.83. The van der Waals surface area contributed by atoms with Crippen molar-refractivity contribution in [3.63, 3.8) is 0 Å². The molecule has 2 rings (SSSR count). The van der Waals surface area contributed by atoms with Gasteiger partial charge in [-0.15, -0.1) is 0 Å². The normalized spacial score (nSPS) is 10.1. The summed E-state index contributed by atoms with van der Waals surface area (Å²) in [4.78, 5) is 15.6. The third kappa shape index (κ3) is 1.93. The summed E-state index contributed by atoms with van der Waals surface area (Å²) in [5, 5.41) is 4.07. The number of pyridine rings is 1. The minimum Gasteiger partial charge on any atom is -0.462 e. The van der Waals surface area contributed by atoms with E-state index in [-0.39, 0.29) is 5.97 Å². The molecule has 0 aliphatic heterocycles. The molecule has 0 N–H and O–H groups in total. The highest BCUT2D eigenvalue weighted by Crippen LogP contribution is 2.12. The Morgan fingerprint density at radius 1 is 1.50 bits per heavy atom. The number of nitrogens with zero attached hydrogens (tertiary/aromatic N) is 3. The highest BCUT2D eigenvalue weighted by atomic mass is 16.5. The second-order valence-electron chi connectivity index (χ2n) is 3.06. The molecule has 0 saturated carbocycles. The maximum Gasteiger partial charge on any atom is 0.341 e. The lowest BCUT2D eigenvalue weighted by Crippen LogP contribution is -2.10. The van der Waals surface area contributed by atoms with E-state index in [1.54, 1.807) is 42.3 Å². The van der Waals surface area contributed by atoms with E-state index in [0.29, 0.717) is 17.9 Å². The van der Waals surface area contributed by atoms with Crippen LogP contribution in [0.2, 0.25) is 0 Å². The number of rotatable bonds is 3. The molecule has 0 bridgehead atoms. The molecule has 0 aromatic carbocycles. The van der Waals surface area contributed by atoms with E-state index in [1.165, 1.54) is 6.20 Å². The van der Waals surface area contributed by atoms with Gasteiger partial charge in [0.25, 0.3) is 0 Å². The first-order chi connectivity index (χ1) is 7.83.